The maximum atomic E-state index is 12.5. The Morgan fingerprint density at radius 3 is 2.12 bits per heavy atom. The van der Waals surface area contributed by atoms with Crippen molar-refractivity contribution in [3.05, 3.63) is 59.1 Å². The van der Waals surface area contributed by atoms with Gasteiger partial charge in [-0.25, -0.2) is 8.42 Å². The number of hydrogen-bond acceptors (Lipinski definition) is 6. The number of halogens is 1. The van der Waals surface area contributed by atoms with E-state index >= 15 is 0 Å². The summed E-state index contributed by atoms with van der Waals surface area (Å²) in [6.07, 6.45) is 0. The number of amides is 2. The molecule has 0 fully saturated rings. The lowest BCUT2D eigenvalue weighted by atomic mass is 10.2. The zero-order chi connectivity index (χ0) is 23.7. The van der Waals surface area contributed by atoms with Crippen molar-refractivity contribution in [2.24, 2.45) is 0 Å². The van der Waals surface area contributed by atoms with Crippen molar-refractivity contribution >= 4 is 45.1 Å². The van der Waals surface area contributed by atoms with Crippen LogP contribution in [0.4, 0.5) is 5.69 Å². The van der Waals surface area contributed by atoms with Crippen LogP contribution in [0, 0.1) is 0 Å². The summed E-state index contributed by atoms with van der Waals surface area (Å²) in [5.41, 5.74) is 0.673. The van der Waals surface area contributed by atoms with Crippen molar-refractivity contribution in [3.8, 4) is 0 Å². The number of nitrogens with zero attached hydrogens (tertiary/aromatic N) is 1. The van der Waals surface area contributed by atoms with Crippen molar-refractivity contribution < 1.29 is 27.5 Å². The van der Waals surface area contributed by atoms with Gasteiger partial charge in [0.2, 0.25) is 10.0 Å². The van der Waals surface area contributed by atoms with Crippen LogP contribution in [0.5, 0.6) is 0 Å². The van der Waals surface area contributed by atoms with Gasteiger partial charge in [0.1, 0.15) is 6.54 Å². The van der Waals surface area contributed by atoms with Crippen LogP contribution in [-0.2, 0) is 24.3 Å². The number of rotatable bonds is 10. The average molecular weight is 482 g/mol. The summed E-state index contributed by atoms with van der Waals surface area (Å²) < 4.78 is 31.1. The fraction of sp³-hybridized carbons (Fsp3) is 0.286. The number of anilines is 1. The minimum absolute atomic E-state index is 0.0730. The molecule has 0 aromatic heterocycles. The minimum Gasteiger partial charge on any atom is -0.454 e. The van der Waals surface area contributed by atoms with Gasteiger partial charge in [-0.1, -0.05) is 25.4 Å². The van der Waals surface area contributed by atoms with Crippen LogP contribution in [0.2, 0.25) is 5.02 Å². The smallest absolute Gasteiger partial charge is 0.325 e. The number of hydrogen-bond donors (Lipinski definition) is 2. The zero-order valence-corrected chi connectivity index (χ0v) is 19.2. The lowest BCUT2D eigenvalue weighted by Crippen LogP contribution is -2.32. The predicted molar refractivity (Wildman–Crippen MR) is 120 cm³/mol. The second-order valence-electron chi connectivity index (χ2n) is 6.51. The molecule has 2 rings (SSSR count). The number of nitrogens with one attached hydrogen (secondary N) is 2. The van der Waals surface area contributed by atoms with E-state index in [0.717, 1.165) is 0 Å². The van der Waals surface area contributed by atoms with Crippen molar-refractivity contribution in [3.63, 3.8) is 0 Å². The molecule has 32 heavy (non-hydrogen) atoms. The number of carbonyl (C=O) groups is 3. The first-order valence-corrected chi connectivity index (χ1v) is 11.6. The van der Waals surface area contributed by atoms with Crippen LogP contribution < -0.4 is 10.6 Å². The first-order chi connectivity index (χ1) is 15.2. The highest BCUT2D eigenvalue weighted by molar-refractivity contribution is 7.89. The molecule has 0 aliphatic carbocycles. The monoisotopic (exact) mass is 481 g/mol. The van der Waals surface area contributed by atoms with E-state index in [1.165, 1.54) is 28.6 Å². The summed E-state index contributed by atoms with van der Waals surface area (Å²) in [5, 5.41) is 5.41. The van der Waals surface area contributed by atoms with Gasteiger partial charge in [-0.05, 0) is 48.5 Å². The Morgan fingerprint density at radius 2 is 1.56 bits per heavy atom. The van der Waals surface area contributed by atoms with Crippen LogP contribution in [-0.4, -0.2) is 56.7 Å². The molecule has 2 amide bonds. The van der Waals surface area contributed by atoms with Crippen molar-refractivity contribution in [1.29, 1.82) is 0 Å². The first-order valence-electron chi connectivity index (χ1n) is 9.76. The molecule has 0 unspecified atom stereocenters. The highest BCUT2D eigenvalue weighted by Gasteiger charge is 2.21. The Hall–Kier alpha value is -2.95. The summed E-state index contributed by atoms with van der Waals surface area (Å²) in [6.45, 7) is 3.18. The van der Waals surface area contributed by atoms with Gasteiger partial charge in [-0.2, -0.15) is 4.31 Å². The van der Waals surface area contributed by atoms with E-state index in [1.807, 2.05) is 0 Å². The Kier molecular flexibility index (Phi) is 9.18. The van der Waals surface area contributed by atoms with Gasteiger partial charge in [-0.3, -0.25) is 14.4 Å². The van der Waals surface area contributed by atoms with Crippen LogP contribution >= 0.6 is 11.6 Å². The van der Waals surface area contributed by atoms with Gasteiger partial charge in [-0.15, -0.1) is 0 Å². The molecular formula is C21H24ClN3O6S. The topological polar surface area (TPSA) is 122 Å². The molecule has 2 aromatic carbocycles. The van der Waals surface area contributed by atoms with E-state index in [1.54, 1.807) is 38.1 Å². The lowest BCUT2D eigenvalue weighted by Gasteiger charge is -2.18. The largest absolute Gasteiger partial charge is 0.454 e. The third kappa shape index (κ3) is 7.04. The third-order valence-corrected chi connectivity index (χ3v) is 6.66. The van der Waals surface area contributed by atoms with E-state index in [2.05, 4.69) is 10.6 Å². The number of ether oxygens (including phenoxy) is 1. The van der Waals surface area contributed by atoms with Crippen molar-refractivity contribution in [2.45, 2.75) is 18.7 Å². The number of sulfonamides is 1. The highest BCUT2D eigenvalue weighted by atomic mass is 35.5. The third-order valence-electron chi connectivity index (χ3n) is 4.35. The Labute approximate surface area is 191 Å². The van der Waals surface area contributed by atoms with Crippen LogP contribution in [0.15, 0.2) is 53.4 Å². The van der Waals surface area contributed by atoms with E-state index in [-0.39, 0.29) is 10.5 Å². The second-order valence-corrected chi connectivity index (χ2v) is 8.89. The molecule has 172 valence electrons. The molecule has 0 spiro atoms. The maximum absolute atomic E-state index is 12.5. The SMILES string of the molecule is CCN(CC)S(=O)(=O)c1ccc(C(=O)NCC(=O)OCC(=O)Nc2ccc(Cl)cc2)cc1. The normalized spacial score (nSPS) is 11.1. The molecule has 0 bridgehead atoms. The summed E-state index contributed by atoms with van der Waals surface area (Å²) in [5.74, 6) is -1.93. The maximum Gasteiger partial charge on any atom is 0.325 e. The molecule has 2 aromatic rings. The Morgan fingerprint density at radius 1 is 0.969 bits per heavy atom. The summed E-state index contributed by atoms with van der Waals surface area (Å²) in [6, 6.07) is 11.8. The molecule has 11 heteroatoms. The standard InChI is InChI=1S/C21H24ClN3O6S/c1-3-25(4-2)32(29,30)18-11-5-15(6-12-18)21(28)23-13-20(27)31-14-19(26)24-17-9-7-16(22)8-10-17/h5-12H,3-4,13-14H2,1-2H3,(H,23,28)(H,24,26). The van der Waals surface area contributed by atoms with E-state index in [4.69, 9.17) is 16.3 Å². The van der Waals surface area contributed by atoms with Gasteiger partial charge >= 0.3 is 5.97 Å². The molecule has 0 heterocycles. The molecule has 0 aliphatic heterocycles. The average Bonchev–Trinajstić information content (AvgIpc) is 2.78. The van der Waals surface area contributed by atoms with E-state index in [0.29, 0.717) is 23.8 Å². The molecule has 9 nitrogen and oxygen atoms in total. The number of esters is 1. The van der Waals surface area contributed by atoms with Crippen LogP contribution in [0.3, 0.4) is 0 Å². The molecule has 2 N–H and O–H groups in total. The number of benzene rings is 2. The molecule has 0 radical (unpaired) electrons. The highest BCUT2D eigenvalue weighted by Crippen LogP contribution is 2.16. The zero-order valence-electron chi connectivity index (χ0n) is 17.6. The summed E-state index contributed by atoms with van der Waals surface area (Å²) in [4.78, 5) is 35.9. The second kappa shape index (κ2) is 11.6. The lowest BCUT2D eigenvalue weighted by molar-refractivity contribution is -0.146. The van der Waals surface area contributed by atoms with E-state index < -0.39 is 41.0 Å². The quantitative estimate of drug-likeness (QED) is 0.502. The van der Waals surface area contributed by atoms with E-state index in [9.17, 15) is 22.8 Å². The van der Waals surface area contributed by atoms with Gasteiger partial charge in [0.15, 0.2) is 6.61 Å². The van der Waals surface area contributed by atoms with Crippen LogP contribution in [0.25, 0.3) is 0 Å². The summed E-state index contributed by atoms with van der Waals surface area (Å²) in [7, 11) is -3.63. The van der Waals surface area contributed by atoms with Crippen molar-refractivity contribution in [1.82, 2.24) is 9.62 Å². The van der Waals surface area contributed by atoms with Gasteiger partial charge < -0.3 is 15.4 Å². The minimum atomic E-state index is -3.63. The molecule has 0 saturated heterocycles. The van der Waals surface area contributed by atoms with Gasteiger partial charge in [0.05, 0.1) is 4.90 Å². The molecule has 0 aliphatic rings. The Bertz CT molecular complexity index is 1050. The predicted octanol–water partition coefficient (Wildman–Crippen LogP) is 2.28. The molecule has 0 saturated carbocycles. The van der Waals surface area contributed by atoms with Crippen LogP contribution in [0.1, 0.15) is 24.2 Å². The van der Waals surface area contributed by atoms with Gasteiger partial charge in [0, 0.05) is 29.4 Å². The summed E-state index contributed by atoms with van der Waals surface area (Å²) >= 11 is 5.76. The fourth-order valence-electron chi connectivity index (χ4n) is 2.67. The van der Waals surface area contributed by atoms with Crippen molar-refractivity contribution in [2.75, 3.05) is 31.6 Å². The number of carbonyl (C=O) groups excluding carboxylic acids is 3. The molecule has 0 atom stereocenters. The Balaban J connectivity index is 1.82. The van der Waals surface area contributed by atoms with Gasteiger partial charge in [0.25, 0.3) is 11.8 Å². The first kappa shape index (κ1) is 25.3. The fourth-order valence-corrected chi connectivity index (χ4v) is 4.26. The molecular weight excluding hydrogens is 458 g/mol.